The molecule has 1 amide bonds. The second-order valence-electron chi connectivity index (χ2n) is 5.79. The number of aryl methyl sites for hydroxylation is 1. The Balaban J connectivity index is 2.07. The summed E-state index contributed by atoms with van der Waals surface area (Å²) in [5.74, 6) is -0.304. The highest BCUT2D eigenvalue weighted by Crippen LogP contribution is 2.10. The van der Waals surface area contributed by atoms with Crippen LogP contribution in [0.3, 0.4) is 0 Å². The Bertz CT molecular complexity index is 665. The van der Waals surface area contributed by atoms with Crippen LogP contribution in [0.15, 0.2) is 54.6 Å². The fourth-order valence-electron chi connectivity index (χ4n) is 2.42. The molecule has 2 aromatic rings. The van der Waals surface area contributed by atoms with Gasteiger partial charge in [-0.05, 0) is 18.1 Å². The monoisotopic (exact) mass is 325 g/mol. The Kier molecular flexibility index (Phi) is 6.55. The molecule has 2 rings (SSSR count). The lowest BCUT2D eigenvalue weighted by Gasteiger charge is -2.22. The molecule has 0 heterocycles. The Morgan fingerprint density at radius 2 is 1.62 bits per heavy atom. The highest BCUT2D eigenvalue weighted by Gasteiger charge is 2.16. The first-order valence-electron chi connectivity index (χ1n) is 8.02. The predicted octanol–water partition coefficient (Wildman–Crippen LogP) is 3.13. The molecule has 24 heavy (non-hydrogen) atoms. The Morgan fingerprint density at radius 1 is 0.958 bits per heavy atom. The molecule has 0 spiro atoms. The van der Waals surface area contributed by atoms with Crippen molar-refractivity contribution in [3.8, 4) is 0 Å². The van der Waals surface area contributed by atoms with E-state index >= 15 is 0 Å². The quantitative estimate of drug-likeness (QED) is 0.735. The largest absolute Gasteiger partial charge is 0.469 e. The minimum absolute atomic E-state index is 0.00526. The predicted molar refractivity (Wildman–Crippen MR) is 93.4 cm³/mol. The zero-order chi connectivity index (χ0) is 17.4. The minimum Gasteiger partial charge on any atom is -0.469 e. The van der Waals surface area contributed by atoms with Crippen LogP contribution < -0.4 is 0 Å². The normalized spacial score (nSPS) is 10.2. The van der Waals surface area contributed by atoms with Crippen molar-refractivity contribution in [3.05, 3.63) is 71.3 Å². The molecule has 0 saturated carbocycles. The van der Waals surface area contributed by atoms with Gasteiger partial charge >= 0.3 is 5.97 Å². The van der Waals surface area contributed by atoms with Gasteiger partial charge in [-0.1, -0.05) is 60.2 Å². The lowest BCUT2D eigenvalue weighted by atomic mass is 10.1. The molecule has 0 radical (unpaired) electrons. The van der Waals surface area contributed by atoms with Crippen LogP contribution in [-0.4, -0.2) is 30.4 Å². The first-order chi connectivity index (χ1) is 11.6. The number of benzene rings is 2. The zero-order valence-corrected chi connectivity index (χ0v) is 14.2. The van der Waals surface area contributed by atoms with Crippen molar-refractivity contribution in [3.63, 3.8) is 0 Å². The molecule has 0 saturated heterocycles. The summed E-state index contributed by atoms with van der Waals surface area (Å²) in [5, 5.41) is 0. The standard InChI is InChI=1S/C20H23NO3/c1-16-8-10-18(11-9-16)15-21(13-12-20(23)24-2)19(22)14-17-6-4-3-5-7-17/h3-11H,12-15H2,1-2H3. The second-order valence-corrected chi connectivity index (χ2v) is 5.79. The number of methoxy groups -OCH3 is 1. The molecule has 0 aliphatic rings. The van der Waals surface area contributed by atoms with E-state index in [1.54, 1.807) is 4.90 Å². The van der Waals surface area contributed by atoms with Gasteiger partial charge in [0.1, 0.15) is 0 Å². The number of amides is 1. The maximum atomic E-state index is 12.7. The van der Waals surface area contributed by atoms with Crippen molar-refractivity contribution in [2.24, 2.45) is 0 Å². The maximum absolute atomic E-state index is 12.7. The molecule has 0 fully saturated rings. The molecule has 0 atom stereocenters. The summed E-state index contributed by atoms with van der Waals surface area (Å²) in [5.41, 5.74) is 3.19. The van der Waals surface area contributed by atoms with Crippen molar-refractivity contribution in [1.82, 2.24) is 4.90 Å². The molecular weight excluding hydrogens is 302 g/mol. The topological polar surface area (TPSA) is 46.6 Å². The van der Waals surface area contributed by atoms with Crippen LogP contribution in [0.5, 0.6) is 0 Å². The summed E-state index contributed by atoms with van der Waals surface area (Å²) in [4.78, 5) is 25.8. The average molecular weight is 325 g/mol. The van der Waals surface area contributed by atoms with Gasteiger partial charge in [0, 0.05) is 13.1 Å². The lowest BCUT2D eigenvalue weighted by Crippen LogP contribution is -2.34. The number of hydrogen-bond donors (Lipinski definition) is 0. The molecule has 126 valence electrons. The smallest absolute Gasteiger partial charge is 0.307 e. The van der Waals surface area contributed by atoms with Gasteiger partial charge in [-0.15, -0.1) is 0 Å². The maximum Gasteiger partial charge on any atom is 0.307 e. The van der Waals surface area contributed by atoms with Crippen LogP contribution in [0.25, 0.3) is 0 Å². The van der Waals surface area contributed by atoms with E-state index < -0.39 is 0 Å². The first-order valence-corrected chi connectivity index (χ1v) is 8.02. The van der Waals surface area contributed by atoms with E-state index in [9.17, 15) is 9.59 Å². The van der Waals surface area contributed by atoms with Crippen LogP contribution >= 0.6 is 0 Å². The highest BCUT2D eigenvalue weighted by molar-refractivity contribution is 5.79. The molecule has 4 nitrogen and oxygen atoms in total. The van der Waals surface area contributed by atoms with Crippen molar-refractivity contribution < 1.29 is 14.3 Å². The van der Waals surface area contributed by atoms with Gasteiger partial charge in [-0.3, -0.25) is 9.59 Å². The van der Waals surface area contributed by atoms with Gasteiger partial charge in [0.2, 0.25) is 5.91 Å². The molecule has 2 aromatic carbocycles. The number of hydrogen-bond acceptors (Lipinski definition) is 3. The van der Waals surface area contributed by atoms with Crippen molar-refractivity contribution in [1.29, 1.82) is 0 Å². The fraction of sp³-hybridized carbons (Fsp3) is 0.300. The third-order valence-electron chi connectivity index (χ3n) is 3.86. The third kappa shape index (κ3) is 5.54. The molecular formula is C20H23NO3. The number of carbonyl (C=O) groups is 2. The Hall–Kier alpha value is -2.62. The molecule has 0 N–H and O–H groups in total. The van der Waals surface area contributed by atoms with Crippen molar-refractivity contribution >= 4 is 11.9 Å². The molecule has 0 aliphatic heterocycles. The third-order valence-corrected chi connectivity index (χ3v) is 3.86. The van der Waals surface area contributed by atoms with Crippen LogP contribution in [0, 0.1) is 6.92 Å². The minimum atomic E-state index is -0.309. The Morgan fingerprint density at radius 3 is 2.25 bits per heavy atom. The first kappa shape index (κ1) is 17.7. The SMILES string of the molecule is COC(=O)CCN(Cc1ccc(C)cc1)C(=O)Cc1ccccc1. The van der Waals surface area contributed by atoms with E-state index in [0.717, 1.165) is 11.1 Å². The summed E-state index contributed by atoms with van der Waals surface area (Å²) >= 11 is 0. The number of nitrogens with zero attached hydrogens (tertiary/aromatic N) is 1. The van der Waals surface area contributed by atoms with Crippen LogP contribution in [0.4, 0.5) is 0 Å². The number of carbonyl (C=O) groups excluding carboxylic acids is 2. The van der Waals surface area contributed by atoms with Crippen molar-refractivity contribution in [2.45, 2.75) is 26.3 Å². The molecule has 0 aliphatic carbocycles. The average Bonchev–Trinajstić information content (AvgIpc) is 2.60. The van der Waals surface area contributed by atoms with E-state index in [2.05, 4.69) is 4.74 Å². The summed E-state index contributed by atoms with van der Waals surface area (Å²) in [6.07, 6.45) is 0.525. The number of rotatable bonds is 7. The van der Waals surface area contributed by atoms with E-state index in [1.165, 1.54) is 12.7 Å². The summed E-state index contributed by atoms with van der Waals surface area (Å²) in [6, 6.07) is 17.7. The van der Waals surface area contributed by atoms with Gasteiger partial charge in [-0.25, -0.2) is 0 Å². The van der Waals surface area contributed by atoms with E-state index in [1.807, 2.05) is 61.5 Å². The molecule has 0 unspecified atom stereocenters. The molecule has 4 heteroatoms. The van der Waals surface area contributed by atoms with Gasteiger partial charge in [-0.2, -0.15) is 0 Å². The van der Waals surface area contributed by atoms with Gasteiger partial charge < -0.3 is 9.64 Å². The number of ether oxygens (including phenoxy) is 1. The van der Waals surface area contributed by atoms with E-state index in [-0.39, 0.29) is 18.3 Å². The molecule has 0 bridgehead atoms. The van der Waals surface area contributed by atoms with Gasteiger partial charge in [0.05, 0.1) is 20.0 Å². The van der Waals surface area contributed by atoms with Crippen LogP contribution in [-0.2, 0) is 27.3 Å². The summed E-state index contributed by atoms with van der Waals surface area (Å²) in [6.45, 7) is 2.87. The zero-order valence-electron chi connectivity index (χ0n) is 14.2. The van der Waals surface area contributed by atoms with Gasteiger partial charge in [0.15, 0.2) is 0 Å². The second kappa shape index (κ2) is 8.87. The van der Waals surface area contributed by atoms with Crippen molar-refractivity contribution in [2.75, 3.05) is 13.7 Å². The van der Waals surface area contributed by atoms with Gasteiger partial charge in [0.25, 0.3) is 0 Å². The number of esters is 1. The summed E-state index contributed by atoms with van der Waals surface area (Å²) in [7, 11) is 1.36. The van der Waals surface area contributed by atoms with E-state index in [4.69, 9.17) is 0 Å². The Labute approximate surface area is 143 Å². The van der Waals surface area contributed by atoms with E-state index in [0.29, 0.717) is 19.5 Å². The lowest BCUT2D eigenvalue weighted by molar-refractivity contribution is -0.141. The van der Waals surface area contributed by atoms with Crippen LogP contribution in [0.2, 0.25) is 0 Å². The highest BCUT2D eigenvalue weighted by atomic mass is 16.5. The molecule has 0 aromatic heterocycles. The summed E-state index contributed by atoms with van der Waals surface area (Å²) < 4.78 is 4.69. The van der Waals surface area contributed by atoms with Crippen LogP contribution in [0.1, 0.15) is 23.1 Å². The fourth-order valence-corrected chi connectivity index (χ4v) is 2.42.